The number of aromatic nitrogens is 2. The molecule has 0 radical (unpaired) electrons. The first-order valence-corrected chi connectivity index (χ1v) is 5.17. The first kappa shape index (κ1) is 11.3. The van der Waals surface area contributed by atoms with Crippen LogP contribution in [-0.2, 0) is 7.05 Å². The second kappa shape index (κ2) is 4.37. The van der Waals surface area contributed by atoms with E-state index in [4.69, 9.17) is 15.2 Å². The summed E-state index contributed by atoms with van der Waals surface area (Å²) < 4.78 is 12.1. The summed E-state index contributed by atoms with van der Waals surface area (Å²) in [6.07, 6.45) is 0. The van der Waals surface area contributed by atoms with Crippen molar-refractivity contribution in [3.05, 3.63) is 24.3 Å². The molecule has 0 aliphatic carbocycles. The lowest BCUT2D eigenvalue weighted by atomic mass is 10.1. The Morgan fingerprint density at radius 3 is 2.47 bits per heavy atom. The lowest BCUT2D eigenvalue weighted by Gasteiger charge is -2.08. The van der Waals surface area contributed by atoms with Gasteiger partial charge in [-0.2, -0.15) is 5.10 Å². The number of nitrogens with two attached hydrogens (primary N) is 1. The van der Waals surface area contributed by atoms with E-state index in [-0.39, 0.29) is 0 Å². The van der Waals surface area contributed by atoms with Crippen LogP contribution in [0.25, 0.3) is 11.3 Å². The topological polar surface area (TPSA) is 62.3 Å². The summed E-state index contributed by atoms with van der Waals surface area (Å²) in [6, 6.07) is 7.40. The standard InChI is InChI=1S/C12H15N3O2/c1-15-12(13)7-10(14-15)9-5-4-8(16-2)6-11(9)17-3/h4-7H,13H2,1-3H3. The Labute approximate surface area is 99.8 Å². The number of hydrogen-bond donors (Lipinski definition) is 1. The Hall–Kier alpha value is -2.17. The molecular weight excluding hydrogens is 218 g/mol. The Morgan fingerprint density at radius 2 is 1.94 bits per heavy atom. The number of benzene rings is 1. The van der Waals surface area contributed by atoms with E-state index in [0.29, 0.717) is 11.6 Å². The maximum atomic E-state index is 5.76. The molecule has 2 N–H and O–H groups in total. The predicted octanol–water partition coefficient (Wildman–Crippen LogP) is 1.69. The molecule has 17 heavy (non-hydrogen) atoms. The molecule has 0 aliphatic rings. The third-order valence-corrected chi connectivity index (χ3v) is 2.60. The third kappa shape index (κ3) is 2.04. The van der Waals surface area contributed by atoms with Gasteiger partial charge in [-0.25, -0.2) is 0 Å². The average Bonchev–Trinajstić information content (AvgIpc) is 2.68. The zero-order valence-electron chi connectivity index (χ0n) is 10.1. The minimum Gasteiger partial charge on any atom is -0.497 e. The van der Waals surface area contributed by atoms with Gasteiger partial charge in [0.1, 0.15) is 17.3 Å². The van der Waals surface area contributed by atoms with Crippen LogP contribution < -0.4 is 15.2 Å². The number of methoxy groups -OCH3 is 2. The van der Waals surface area contributed by atoms with Crippen LogP contribution in [0.15, 0.2) is 24.3 Å². The zero-order valence-corrected chi connectivity index (χ0v) is 10.1. The fourth-order valence-electron chi connectivity index (χ4n) is 1.62. The molecule has 0 fully saturated rings. The Balaban J connectivity index is 2.51. The molecule has 2 rings (SSSR count). The predicted molar refractivity (Wildman–Crippen MR) is 66.2 cm³/mol. The van der Waals surface area contributed by atoms with Crippen molar-refractivity contribution in [2.45, 2.75) is 0 Å². The third-order valence-electron chi connectivity index (χ3n) is 2.60. The highest BCUT2D eigenvalue weighted by Crippen LogP contribution is 2.32. The van der Waals surface area contributed by atoms with Crippen molar-refractivity contribution < 1.29 is 9.47 Å². The van der Waals surface area contributed by atoms with Gasteiger partial charge < -0.3 is 15.2 Å². The minimum atomic E-state index is 0.609. The highest BCUT2D eigenvalue weighted by atomic mass is 16.5. The van der Waals surface area contributed by atoms with E-state index < -0.39 is 0 Å². The van der Waals surface area contributed by atoms with E-state index in [1.54, 1.807) is 25.9 Å². The van der Waals surface area contributed by atoms with Gasteiger partial charge in [0.25, 0.3) is 0 Å². The Morgan fingerprint density at radius 1 is 1.18 bits per heavy atom. The van der Waals surface area contributed by atoms with Crippen molar-refractivity contribution in [2.75, 3.05) is 20.0 Å². The Bertz CT molecular complexity index is 515. The lowest BCUT2D eigenvalue weighted by Crippen LogP contribution is -1.96. The van der Waals surface area contributed by atoms with Gasteiger partial charge in [0.05, 0.1) is 19.9 Å². The molecule has 0 aliphatic heterocycles. The summed E-state index contributed by atoms with van der Waals surface area (Å²) in [5.41, 5.74) is 7.43. The maximum absolute atomic E-state index is 5.76. The number of ether oxygens (including phenoxy) is 2. The van der Waals surface area contributed by atoms with Crippen molar-refractivity contribution in [1.82, 2.24) is 9.78 Å². The lowest BCUT2D eigenvalue weighted by molar-refractivity contribution is 0.395. The molecule has 90 valence electrons. The molecule has 0 saturated heterocycles. The van der Waals surface area contributed by atoms with Crippen molar-refractivity contribution in [2.24, 2.45) is 7.05 Å². The van der Waals surface area contributed by atoms with E-state index in [9.17, 15) is 0 Å². The molecule has 5 nitrogen and oxygen atoms in total. The van der Waals surface area contributed by atoms with Gasteiger partial charge in [-0.05, 0) is 12.1 Å². The monoisotopic (exact) mass is 233 g/mol. The van der Waals surface area contributed by atoms with Gasteiger partial charge in [-0.1, -0.05) is 0 Å². The largest absolute Gasteiger partial charge is 0.497 e. The van der Waals surface area contributed by atoms with Crippen molar-refractivity contribution in [3.63, 3.8) is 0 Å². The molecule has 0 amide bonds. The summed E-state index contributed by atoms with van der Waals surface area (Å²) in [5.74, 6) is 2.06. The van der Waals surface area contributed by atoms with Crippen LogP contribution in [0, 0.1) is 0 Å². The van der Waals surface area contributed by atoms with Crippen molar-refractivity contribution in [3.8, 4) is 22.8 Å². The van der Waals surface area contributed by atoms with Gasteiger partial charge in [0.2, 0.25) is 0 Å². The maximum Gasteiger partial charge on any atom is 0.132 e. The summed E-state index contributed by atoms with van der Waals surface area (Å²) >= 11 is 0. The molecule has 0 bridgehead atoms. The summed E-state index contributed by atoms with van der Waals surface area (Å²) in [5, 5.41) is 4.32. The molecule has 5 heteroatoms. The van der Waals surface area contributed by atoms with Gasteiger partial charge in [-0.15, -0.1) is 0 Å². The van der Waals surface area contributed by atoms with Crippen LogP contribution in [0.5, 0.6) is 11.5 Å². The number of rotatable bonds is 3. The van der Waals surface area contributed by atoms with Gasteiger partial charge >= 0.3 is 0 Å². The molecule has 1 heterocycles. The number of aryl methyl sites for hydroxylation is 1. The second-order valence-corrected chi connectivity index (χ2v) is 3.64. The average molecular weight is 233 g/mol. The van der Waals surface area contributed by atoms with Crippen LogP contribution >= 0.6 is 0 Å². The molecule has 0 atom stereocenters. The normalized spacial score (nSPS) is 10.3. The van der Waals surface area contributed by atoms with E-state index >= 15 is 0 Å². The summed E-state index contributed by atoms with van der Waals surface area (Å²) in [4.78, 5) is 0. The summed E-state index contributed by atoms with van der Waals surface area (Å²) in [6.45, 7) is 0. The minimum absolute atomic E-state index is 0.609. The molecule has 0 saturated carbocycles. The number of anilines is 1. The van der Waals surface area contributed by atoms with Crippen LogP contribution in [0.1, 0.15) is 0 Å². The van der Waals surface area contributed by atoms with Crippen LogP contribution in [0.4, 0.5) is 5.82 Å². The highest BCUT2D eigenvalue weighted by molar-refractivity contribution is 5.70. The fourth-order valence-corrected chi connectivity index (χ4v) is 1.62. The summed E-state index contributed by atoms with van der Waals surface area (Å²) in [7, 11) is 5.03. The number of nitrogen functional groups attached to an aromatic ring is 1. The first-order valence-electron chi connectivity index (χ1n) is 5.17. The van der Waals surface area contributed by atoms with Crippen LogP contribution in [0.2, 0.25) is 0 Å². The molecule has 1 aromatic carbocycles. The highest BCUT2D eigenvalue weighted by Gasteiger charge is 2.11. The SMILES string of the molecule is COc1ccc(-c2cc(N)n(C)n2)c(OC)c1. The van der Waals surface area contributed by atoms with Gasteiger partial charge in [-0.3, -0.25) is 4.68 Å². The quantitative estimate of drug-likeness (QED) is 0.876. The van der Waals surface area contributed by atoms with E-state index in [1.807, 2.05) is 24.3 Å². The van der Waals surface area contributed by atoms with E-state index in [1.165, 1.54) is 0 Å². The van der Waals surface area contributed by atoms with E-state index in [0.717, 1.165) is 17.0 Å². The number of nitrogens with zero attached hydrogens (tertiary/aromatic N) is 2. The van der Waals surface area contributed by atoms with Crippen LogP contribution in [-0.4, -0.2) is 24.0 Å². The number of hydrogen-bond acceptors (Lipinski definition) is 4. The molecule has 2 aromatic rings. The molecule has 0 spiro atoms. The smallest absolute Gasteiger partial charge is 0.132 e. The Kier molecular flexibility index (Phi) is 2.91. The molecule has 1 aromatic heterocycles. The second-order valence-electron chi connectivity index (χ2n) is 3.64. The van der Waals surface area contributed by atoms with Crippen LogP contribution in [0.3, 0.4) is 0 Å². The molecular formula is C12H15N3O2. The first-order chi connectivity index (χ1) is 8.15. The fraction of sp³-hybridized carbons (Fsp3) is 0.250. The van der Waals surface area contributed by atoms with Gasteiger partial charge in [0, 0.05) is 24.7 Å². The van der Waals surface area contributed by atoms with Crippen molar-refractivity contribution in [1.29, 1.82) is 0 Å². The van der Waals surface area contributed by atoms with Gasteiger partial charge in [0.15, 0.2) is 0 Å². The molecule has 0 unspecified atom stereocenters. The zero-order chi connectivity index (χ0) is 12.4. The van der Waals surface area contributed by atoms with Crippen molar-refractivity contribution >= 4 is 5.82 Å². The van der Waals surface area contributed by atoms with E-state index in [2.05, 4.69) is 5.10 Å².